The largest absolute Gasteiger partial charge is 0.492 e. The van der Waals surface area contributed by atoms with Gasteiger partial charge in [0.05, 0.1) is 16.2 Å². The van der Waals surface area contributed by atoms with Crippen LogP contribution in [0, 0.1) is 10.1 Å². The number of nitrogens with one attached hydrogen (secondary N) is 1. The standard InChI is InChI=1S/C22H25N5O4S/c1-2-31-18-4-3-5-19-20(18)24-22(32-19)26-14-12-25(13-15-26)11-10-23-21(28)16-6-8-17(9-7-16)27(29)30/h3-9H,2,10-15H2,1H3,(H,23,28). The van der Waals surface area contributed by atoms with Gasteiger partial charge in [-0.1, -0.05) is 17.4 Å². The van der Waals surface area contributed by atoms with Crippen LogP contribution in [0.15, 0.2) is 42.5 Å². The number of benzene rings is 2. The number of nitro benzene ring substituents is 1. The molecule has 0 bridgehead atoms. The Morgan fingerprint density at radius 2 is 1.94 bits per heavy atom. The predicted octanol–water partition coefficient (Wildman–Crippen LogP) is 3.16. The molecule has 1 saturated heterocycles. The molecule has 2 heterocycles. The molecule has 0 radical (unpaired) electrons. The van der Waals surface area contributed by atoms with Gasteiger partial charge in [0.15, 0.2) is 5.13 Å². The lowest BCUT2D eigenvalue weighted by Crippen LogP contribution is -2.48. The number of ether oxygens (including phenoxy) is 1. The van der Waals surface area contributed by atoms with Gasteiger partial charge in [-0.3, -0.25) is 19.8 Å². The highest BCUT2D eigenvalue weighted by Crippen LogP contribution is 2.34. The third kappa shape index (κ3) is 4.97. The first-order valence-electron chi connectivity index (χ1n) is 10.6. The summed E-state index contributed by atoms with van der Waals surface area (Å²) >= 11 is 1.68. The lowest BCUT2D eigenvalue weighted by Gasteiger charge is -2.34. The second kappa shape index (κ2) is 9.92. The van der Waals surface area contributed by atoms with E-state index in [4.69, 9.17) is 9.72 Å². The number of carbonyl (C=O) groups is 1. The number of nitrogens with zero attached hydrogens (tertiary/aromatic N) is 4. The Bertz CT molecular complexity index is 1090. The molecule has 2 aromatic carbocycles. The lowest BCUT2D eigenvalue weighted by molar-refractivity contribution is -0.384. The Balaban J connectivity index is 1.25. The molecule has 0 unspecified atom stereocenters. The van der Waals surface area contributed by atoms with E-state index in [9.17, 15) is 14.9 Å². The fourth-order valence-corrected chi connectivity index (χ4v) is 4.68. The Morgan fingerprint density at radius 3 is 2.62 bits per heavy atom. The summed E-state index contributed by atoms with van der Waals surface area (Å²) in [5.74, 6) is 0.605. The minimum absolute atomic E-state index is 0.0262. The summed E-state index contributed by atoms with van der Waals surface area (Å²) in [5, 5.41) is 14.6. The van der Waals surface area contributed by atoms with Crippen molar-refractivity contribution in [2.24, 2.45) is 0 Å². The van der Waals surface area contributed by atoms with Crippen LogP contribution in [0.1, 0.15) is 17.3 Å². The van der Waals surface area contributed by atoms with Crippen molar-refractivity contribution in [3.05, 3.63) is 58.1 Å². The summed E-state index contributed by atoms with van der Waals surface area (Å²) in [4.78, 5) is 31.9. The molecule has 0 spiro atoms. The Labute approximate surface area is 189 Å². The summed E-state index contributed by atoms with van der Waals surface area (Å²) in [6.07, 6.45) is 0. The van der Waals surface area contributed by atoms with E-state index in [1.165, 1.54) is 24.3 Å². The Hall–Kier alpha value is -3.24. The molecule has 1 fully saturated rings. The summed E-state index contributed by atoms with van der Waals surface area (Å²) in [6.45, 7) is 7.39. The maximum absolute atomic E-state index is 12.2. The first-order chi connectivity index (χ1) is 15.5. The van der Waals surface area contributed by atoms with Crippen LogP contribution in [0.2, 0.25) is 0 Å². The van der Waals surface area contributed by atoms with Gasteiger partial charge in [0.1, 0.15) is 11.3 Å². The van der Waals surface area contributed by atoms with Crippen LogP contribution in [0.5, 0.6) is 5.75 Å². The quantitative estimate of drug-likeness (QED) is 0.411. The molecule has 4 rings (SSSR count). The smallest absolute Gasteiger partial charge is 0.269 e. The zero-order valence-electron chi connectivity index (χ0n) is 17.8. The average molecular weight is 456 g/mol. The molecular formula is C22H25N5O4S. The molecule has 9 nitrogen and oxygen atoms in total. The Kier molecular flexibility index (Phi) is 6.81. The summed E-state index contributed by atoms with van der Waals surface area (Å²) in [5.41, 5.74) is 1.31. The van der Waals surface area contributed by atoms with Crippen LogP contribution >= 0.6 is 11.3 Å². The molecule has 1 aromatic heterocycles. The van der Waals surface area contributed by atoms with E-state index >= 15 is 0 Å². The number of rotatable bonds is 8. The molecular weight excluding hydrogens is 430 g/mol. The number of amides is 1. The van der Waals surface area contributed by atoms with Crippen molar-refractivity contribution in [3.8, 4) is 5.75 Å². The van der Waals surface area contributed by atoms with Gasteiger partial charge < -0.3 is 15.0 Å². The van der Waals surface area contributed by atoms with E-state index in [1.807, 2.05) is 19.1 Å². The number of para-hydroxylation sites is 1. The highest BCUT2D eigenvalue weighted by Gasteiger charge is 2.21. The normalized spacial score (nSPS) is 14.5. The van der Waals surface area contributed by atoms with E-state index in [-0.39, 0.29) is 11.6 Å². The van der Waals surface area contributed by atoms with E-state index in [2.05, 4.69) is 21.2 Å². The van der Waals surface area contributed by atoms with Crippen LogP contribution in [0.25, 0.3) is 10.2 Å². The van der Waals surface area contributed by atoms with Crippen LogP contribution in [-0.4, -0.2) is 66.6 Å². The molecule has 10 heteroatoms. The maximum atomic E-state index is 12.2. The SMILES string of the molecule is CCOc1cccc2sc(N3CCN(CCNC(=O)c4ccc([N+](=O)[O-])cc4)CC3)nc12. The molecule has 32 heavy (non-hydrogen) atoms. The Morgan fingerprint density at radius 1 is 1.19 bits per heavy atom. The number of anilines is 1. The van der Waals surface area contributed by atoms with E-state index in [0.717, 1.165) is 53.8 Å². The van der Waals surface area contributed by atoms with Crippen LogP contribution in [-0.2, 0) is 0 Å². The molecule has 1 aliphatic heterocycles. The minimum atomic E-state index is -0.479. The van der Waals surface area contributed by atoms with Gasteiger partial charge in [-0.05, 0) is 31.2 Å². The number of piperazine rings is 1. The number of hydrogen-bond donors (Lipinski definition) is 1. The summed E-state index contributed by atoms with van der Waals surface area (Å²) in [7, 11) is 0. The topological polar surface area (TPSA) is 101 Å². The molecule has 1 N–H and O–H groups in total. The monoisotopic (exact) mass is 455 g/mol. The highest BCUT2D eigenvalue weighted by atomic mass is 32.1. The fraction of sp³-hybridized carbons (Fsp3) is 0.364. The van der Waals surface area contributed by atoms with Crippen molar-refractivity contribution in [3.63, 3.8) is 0 Å². The number of aromatic nitrogens is 1. The van der Waals surface area contributed by atoms with Gasteiger partial charge in [-0.2, -0.15) is 0 Å². The van der Waals surface area contributed by atoms with Crippen molar-refractivity contribution >= 4 is 38.3 Å². The second-order valence-electron chi connectivity index (χ2n) is 7.42. The molecule has 0 atom stereocenters. The number of non-ortho nitro benzene ring substituents is 1. The minimum Gasteiger partial charge on any atom is -0.492 e. The zero-order chi connectivity index (χ0) is 22.5. The van der Waals surface area contributed by atoms with Gasteiger partial charge in [-0.15, -0.1) is 0 Å². The van der Waals surface area contributed by atoms with Crippen molar-refractivity contribution in [1.29, 1.82) is 0 Å². The van der Waals surface area contributed by atoms with Gasteiger partial charge in [0.2, 0.25) is 0 Å². The third-order valence-corrected chi connectivity index (χ3v) is 6.45. The number of nitro groups is 1. The van der Waals surface area contributed by atoms with Crippen LogP contribution in [0.4, 0.5) is 10.8 Å². The molecule has 1 aliphatic rings. The van der Waals surface area contributed by atoms with E-state index in [1.54, 1.807) is 11.3 Å². The molecule has 1 amide bonds. The number of fused-ring (bicyclic) bond motifs is 1. The maximum Gasteiger partial charge on any atom is 0.269 e. The fourth-order valence-electron chi connectivity index (χ4n) is 3.65. The van der Waals surface area contributed by atoms with Gasteiger partial charge >= 0.3 is 0 Å². The van der Waals surface area contributed by atoms with Crippen LogP contribution < -0.4 is 15.0 Å². The highest BCUT2D eigenvalue weighted by molar-refractivity contribution is 7.22. The van der Waals surface area contributed by atoms with Crippen LogP contribution in [0.3, 0.4) is 0 Å². The predicted molar refractivity (Wildman–Crippen MR) is 125 cm³/mol. The molecule has 0 aliphatic carbocycles. The zero-order valence-corrected chi connectivity index (χ0v) is 18.6. The first-order valence-corrected chi connectivity index (χ1v) is 11.4. The van der Waals surface area contributed by atoms with Crippen molar-refractivity contribution < 1.29 is 14.5 Å². The average Bonchev–Trinajstić information content (AvgIpc) is 3.25. The third-order valence-electron chi connectivity index (χ3n) is 5.37. The summed E-state index contributed by atoms with van der Waals surface area (Å²) in [6, 6.07) is 11.7. The van der Waals surface area contributed by atoms with Crippen molar-refractivity contribution in [1.82, 2.24) is 15.2 Å². The van der Waals surface area contributed by atoms with Crippen molar-refractivity contribution in [2.45, 2.75) is 6.92 Å². The molecule has 0 saturated carbocycles. The number of hydrogen-bond acceptors (Lipinski definition) is 8. The number of thiazole rings is 1. The first kappa shape index (κ1) is 22.0. The number of carbonyl (C=O) groups excluding carboxylic acids is 1. The van der Waals surface area contributed by atoms with Gasteiger partial charge in [0, 0.05) is 57.0 Å². The van der Waals surface area contributed by atoms with Gasteiger partial charge in [0.25, 0.3) is 11.6 Å². The molecule has 168 valence electrons. The summed E-state index contributed by atoms with van der Waals surface area (Å²) < 4.78 is 6.83. The van der Waals surface area contributed by atoms with Crippen molar-refractivity contribution in [2.75, 3.05) is 50.8 Å². The van der Waals surface area contributed by atoms with E-state index < -0.39 is 4.92 Å². The second-order valence-corrected chi connectivity index (χ2v) is 8.43. The lowest BCUT2D eigenvalue weighted by atomic mass is 10.2. The van der Waals surface area contributed by atoms with Gasteiger partial charge in [-0.25, -0.2) is 4.98 Å². The van der Waals surface area contributed by atoms with E-state index in [0.29, 0.717) is 18.7 Å². The molecule has 3 aromatic rings.